The van der Waals surface area contributed by atoms with E-state index in [4.69, 9.17) is 5.73 Å². The van der Waals surface area contributed by atoms with Crippen LogP contribution < -0.4 is 11.1 Å². The minimum Gasteiger partial charge on any atom is -0.368 e. The Balaban J connectivity index is 2.83. The molecule has 0 aliphatic carbocycles. The molecule has 0 fully saturated rings. The van der Waals surface area contributed by atoms with Gasteiger partial charge < -0.3 is 11.1 Å². The molecule has 1 aromatic rings. The zero-order chi connectivity index (χ0) is 10.8. The monoisotopic (exact) mass is 198 g/mol. The lowest BCUT2D eigenvalue weighted by Crippen LogP contribution is -2.45. The third-order valence-electron chi connectivity index (χ3n) is 1.68. The molecule has 14 heavy (non-hydrogen) atoms. The fourth-order valence-corrected chi connectivity index (χ4v) is 0.786. The summed E-state index contributed by atoms with van der Waals surface area (Å²) >= 11 is 0. The molecule has 0 spiro atoms. The van der Waals surface area contributed by atoms with Gasteiger partial charge in [0.15, 0.2) is 0 Å². The molecular weight excluding hydrogens is 187 g/mol. The highest BCUT2D eigenvalue weighted by atomic mass is 19.1. The standard InChI is InChI=1S/C8H11FN4O/c1-8(2,6(10)14)13-5-3-4-11-7(9)12-5/h3-4H,1-2H3,(H2,10,14)(H,11,12,13). The van der Waals surface area contributed by atoms with Crippen LogP contribution in [0, 0.1) is 6.08 Å². The van der Waals surface area contributed by atoms with Crippen molar-refractivity contribution in [1.82, 2.24) is 9.97 Å². The summed E-state index contributed by atoms with van der Waals surface area (Å²) in [7, 11) is 0. The van der Waals surface area contributed by atoms with Crippen molar-refractivity contribution in [1.29, 1.82) is 0 Å². The van der Waals surface area contributed by atoms with Crippen molar-refractivity contribution in [2.24, 2.45) is 5.73 Å². The van der Waals surface area contributed by atoms with Crippen molar-refractivity contribution in [2.75, 3.05) is 5.32 Å². The molecule has 0 saturated heterocycles. The molecule has 0 aromatic carbocycles. The van der Waals surface area contributed by atoms with E-state index in [1.54, 1.807) is 13.8 Å². The lowest BCUT2D eigenvalue weighted by Gasteiger charge is -2.22. The zero-order valence-electron chi connectivity index (χ0n) is 7.91. The molecule has 76 valence electrons. The van der Waals surface area contributed by atoms with Gasteiger partial charge in [-0.1, -0.05) is 0 Å². The van der Waals surface area contributed by atoms with Gasteiger partial charge in [0, 0.05) is 6.20 Å². The Morgan fingerprint density at radius 3 is 2.79 bits per heavy atom. The number of nitrogens with one attached hydrogen (secondary N) is 1. The fraction of sp³-hybridized carbons (Fsp3) is 0.375. The number of carbonyl (C=O) groups is 1. The number of halogens is 1. The van der Waals surface area contributed by atoms with Crippen LogP contribution in [0.4, 0.5) is 10.2 Å². The van der Waals surface area contributed by atoms with E-state index in [1.165, 1.54) is 12.3 Å². The van der Waals surface area contributed by atoms with Gasteiger partial charge in [-0.2, -0.15) is 9.37 Å². The number of carbonyl (C=O) groups excluding carboxylic acids is 1. The van der Waals surface area contributed by atoms with Crippen molar-refractivity contribution in [3.63, 3.8) is 0 Å². The highest BCUT2D eigenvalue weighted by Crippen LogP contribution is 2.11. The molecule has 0 unspecified atom stereocenters. The maximum atomic E-state index is 12.6. The van der Waals surface area contributed by atoms with Crippen molar-refractivity contribution in [3.8, 4) is 0 Å². The number of nitrogens with two attached hydrogens (primary N) is 1. The van der Waals surface area contributed by atoms with Gasteiger partial charge in [0.25, 0.3) is 0 Å². The molecule has 1 heterocycles. The van der Waals surface area contributed by atoms with Crippen LogP contribution >= 0.6 is 0 Å². The molecule has 0 atom stereocenters. The van der Waals surface area contributed by atoms with Gasteiger partial charge in [-0.3, -0.25) is 4.79 Å². The number of nitrogens with zero attached hydrogens (tertiary/aromatic N) is 2. The number of rotatable bonds is 3. The first kappa shape index (κ1) is 10.4. The molecule has 0 bridgehead atoms. The first-order valence-electron chi connectivity index (χ1n) is 3.98. The van der Waals surface area contributed by atoms with Gasteiger partial charge >= 0.3 is 6.08 Å². The molecule has 0 radical (unpaired) electrons. The molecule has 0 aliphatic heterocycles. The topological polar surface area (TPSA) is 80.9 Å². The number of aromatic nitrogens is 2. The first-order chi connectivity index (χ1) is 6.42. The molecular formula is C8H11FN4O. The summed E-state index contributed by atoms with van der Waals surface area (Å²) in [5.74, 6) is -0.321. The van der Waals surface area contributed by atoms with Crippen LogP contribution in [0.3, 0.4) is 0 Å². The molecule has 0 saturated carbocycles. The van der Waals surface area contributed by atoms with Crippen LogP contribution in [-0.2, 0) is 4.79 Å². The van der Waals surface area contributed by atoms with Crippen LogP contribution in [0.2, 0.25) is 0 Å². The average Bonchev–Trinajstić information content (AvgIpc) is 2.02. The van der Waals surface area contributed by atoms with Crippen LogP contribution in [0.25, 0.3) is 0 Å². The SMILES string of the molecule is CC(C)(Nc1ccnc(F)n1)C(N)=O. The third-order valence-corrected chi connectivity index (χ3v) is 1.68. The van der Waals surface area contributed by atoms with Gasteiger partial charge in [-0.15, -0.1) is 0 Å². The predicted molar refractivity (Wildman–Crippen MR) is 48.9 cm³/mol. The number of hydrogen-bond acceptors (Lipinski definition) is 4. The maximum Gasteiger partial charge on any atom is 0.310 e. The van der Waals surface area contributed by atoms with Crippen LogP contribution in [0.5, 0.6) is 0 Å². The van der Waals surface area contributed by atoms with E-state index in [0.717, 1.165) is 0 Å². The molecule has 6 heteroatoms. The second-order valence-corrected chi connectivity index (χ2v) is 3.33. The smallest absolute Gasteiger partial charge is 0.310 e. The van der Waals surface area contributed by atoms with Gasteiger partial charge in [0.1, 0.15) is 11.4 Å². The third kappa shape index (κ3) is 2.38. The maximum absolute atomic E-state index is 12.6. The summed E-state index contributed by atoms with van der Waals surface area (Å²) in [5.41, 5.74) is 4.15. The minimum atomic E-state index is -0.971. The Hall–Kier alpha value is -1.72. The van der Waals surface area contributed by atoms with Crippen molar-refractivity contribution in [3.05, 3.63) is 18.3 Å². The van der Waals surface area contributed by atoms with E-state index < -0.39 is 17.5 Å². The second-order valence-electron chi connectivity index (χ2n) is 3.33. The van der Waals surface area contributed by atoms with Gasteiger partial charge in [0.2, 0.25) is 5.91 Å². The second kappa shape index (κ2) is 3.57. The summed E-state index contributed by atoms with van der Waals surface area (Å²) in [6, 6.07) is 1.45. The number of anilines is 1. The lowest BCUT2D eigenvalue weighted by atomic mass is 10.1. The summed E-state index contributed by atoms with van der Waals surface area (Å²) in [4.78, 5) is 17.7. The molecule has 0 aliphatic rings. The minimum absolute atomic E-state index is 0.223. The molecule has 3 N–H and O–H groups in total. The average molecular weight is 198 g/mol. The quantitative estimate of drug-likeness (QED) is 0.684. The van der Waals surface area contributed by atoms with Gasteiger partial charge in [0.05, 0.1) is 0 Å². The van der Waals surface area contributed by atoms with Crippen LogP contribution in [-0.4, -0.2) is 21.4 Å². The molecule has 1 aromatic heterocycles. The Bertz CT molecular complexity index is 353. The number of hydrogen-bond donors (Lipinski definition) is 2. The van der Waals surface area contributed by atoms with Crippen molar-refractivity contribution >= 4 is 11.7 Å². The van der Waals surface area contributed by atoms with Crippen molar-refractivity contribution < 1.29 is 9.18 Å². The summed E-state index contributed by atoms with van der Waals surface area (Å²) in [6.45, 7) is 3.16. The van der Waals surface area contributed by atoms with Gasteiger partial charge in [-0.25, -0.2) is 4.98 Å². The van der Waals surface area contributed by atoms with E-state index in [0.29, 0.717) is 0 Å². The number of amides is 1. The Labute approximate surface area is 80.5 Å². The lowest BCUT2D eigenvalue weighted by molar-refractivity contribution is -0.121. The van der Waals surface area contributed by atoms with Crippen LogP contribution in [0.15, 0.2) is 12.3 Å². The zero-order valence-corrected chi connectivity index (χ0v) is 7.91. The Kier molecular flexibility index (Phi) is 2.64. The van der Waals surface area contributed by atoms with E-state index in [9.17, 15) is 9.18 Å². The van der Waals surface area contributed by atoms with E-state index >= 15 is 0 Å². The van der Waals surface area contributed by atoms with Crippen molar-refractivity contribution in [2.45, 2.75) is 19.4 Å². The summed E-state index contributed by atoms with van der Waals surface area (Å²) in [6.07, 6.45) is 0.400. The highest BCUT2D eigenvalue weighted by molar-refractivity contribution is 5.86. The van der Waals surface area contributed by atoms with Crippen LogP contribution in [0.1, 0.15) is 13.8 Å². The van der Waals surface area contributed by atoms with Gasteiger partial charge in [-0.05, 0) is 19.9 Å². The van der Waals surface area contributed by atoms with E-state index in [1.807, 2.05) is 0 Å². The first-order valence-corrected chi connectivity index (χ1v) is 3.98. The van der Waals surface area contributed by atoms with E-state index in [-0.39, 0.29) is 5.82 Å². The Morgan fingerprint density at radius 1 is 1.64 bits per heavy atom. The molecule has 5 nitrogen and oxygen atoms in total. The van der Waals surface area contributed by atoms with E-state index in [2.05, 4.69) is 15.3 Å². The molecule has 1 rings (SSSR count). The summed E-state index contributed by atoms with van der Waals surface area (Å²) in [5, 5.41) is 2.69. The summed E-state index contributed by atoms with van der Waals surface area (Å²) < 4.78 is 12.6. The molecule has 1 amide bonds. The highest BCUT2D eigenvalue weighted by Gasteiger charge is 2.24. The fourth-order valence-electron chi connectivity index (χ4n) is 0.786. The number of primary amides is 1. The largest absolute Gasteiger partial charge is 0.368 e. The Morgan fingerprint density at radius 2 is 2.29 bits per heavy atom. The predicted octanol–water partition coefficient (Wildman–Crippen LogP) is 0.291. The normalized spacial score (nSPS) is 11.1.